The fourth-order valence-electron chi connectivity index (χ4n) is 3.42. The third-order valence-corrected chi connectivity index (χ3v) is 4.64. The second kappa shape index (κ2) is 3.82. The van der Waals surface area contributed by atoms with E-state index in [0.29, 0.717) is 18.6 Å². The van der Waals surface area contributed by atoms with Crippen molar-refractivity contribution in [2.45, 2.75) is 63.8 Å². The van der Waals surface area contributed by atoms with E-state index in [1.165, 1.54) is 0 Å². The molecule has 0 bridgehead atoms. The minimum absolute atomic E-state index is 0.0726. The maximum atomic E-state index is 10.4. The van der Waals surface area contributed by atoms with Crippen molar-refractivity contribution < 1.29 is 19.7 Å². The topological polar surface area (TPSA) is 58.9 Å². The summed E-state index contributed by atoms with van der Waals surface area (Å²) in [6.45, 7) is 4.01. The normalized spacial score (nSPS) is 28.6. The Bertz CT molecular complexity index is 550. The van der Waals surface area contributed by atoms with Crippen LogP contribution in [0.1, 0.15) is 43.4 Å². The van der Waals surface area contributed by atoms with E-state index < -0.39 is 5.60 Å². The van der Waals surface area contributed by atoms with Crippen molar-refractivity contribution in [1.29, 1.82) is 0 Å². The van der Waals surface area contributed by atoms with E-state index in [1.54, 1.807) is 0 Å². The van der Waals surface area contributed by atoms with Crippen LogP contribution in [0.2, 0.25) is 0 Å². The van der Waals surface area contributed by atoms with E-state index in [2.05, 4.69) is 0 Å². The number of rotatable bonds is 2. The molecule has 1 aromatic rings. The lowest BCUT2D eigenvalue weighted by Gasteiger charge is -2.17. The average Bonchev–Trinajstić information content (AvgIpc) is 2.82. The van der Waals surface area contributed by atoms with Gasteiger partial charge in [0.1, 0.15) is 18.0 Å². The molecule has 2 N–H and O–H groups in total. The third-order valence-electron chi connectivity index (χ3n) is 4.64. The first-order chi connectivity index (χ1) is 9.47. The minimum Gasteiger partial charge on any atom is -0.504 e. The number of aromatic hydroxyl groups is 1. The zero-order chi connectivity index (χ0) is 14.1. The zero-order valence-corrected chi connectivity index (χ0v) is 11.9. The molecule has 2 heterocycles. The predicted octanol–water partition coefficient (Wildman–Crippen LogP) is 2.11. The van der Waals surface area contributed by atoms with Crippen LogP contribution in [0, 0.1) is 0 Å². The van der Waals surface area contributed by atoms with Crippen molar-refractivity contribution in [1.82, 2.24) is 0 Å². The van der Waals surface area contributed by atoms with Gasteiger partial charge in [-0.15, -0.1) is 0 Å². The largest absolute Gasteiger partial charge is 0.504 e. The summed E-state index contributed by atoms with van der Waals surface area (Å²) in [5.74, 6) is 1.66. The van der Waals surface area contributed by atoms with Crippen LogP contribution < -0.4 is 9.47 Å². The maximum absolute atomic E-state index is 10.4. The second-order valence-electron chi connectivity index (χ2n) is 6.61. The smallest absolute Gasteiger partial charge is 0.165 e. The molecule has 2 atom stereocenters. The lowest BCUT2D eigenvalue weighted by molar-refractivity contribution is 0.148. The van der Waals surface area contributed by atoms with Crippen molar-refractivity contribution in [2.75, 3.05) is 0 Å². The summed E-state index contributed by atoms with van der Waals surface area (Å²) >= 11 is 0. The van der Waals surface area contributed by atoms with Crippen LogP contribution in [-0.2, 0) is 19.3 Å². The zero-order valence-electron chi connectivity index (χ0n) is 11.9. The molecule has 2 unspecified atom stereocenters. The van der Waals surface area contributed by atoms with Gasteiger partial charge in [-0.1, -0.05) is 0 Å². The molecular weight excluding hydrogens is 256 g/mol. The summed E-state index contributed by atoms with van der Waals surface area (Å²) in [7, 11) is 0. The maximum Gasteiger partial charge on any atom is 0.165 e. The van der Waals surface area contributed by atoms with Crippen molar-refractivity contribution in [3.63, 3.8) is 0 Å². The highest BCUT2D eigenvalue weighted by molar-refractivity contribution is 5.65. The van der Waals surface area contributed by atoms with E-state index in [-0.39, 0.29) is 18.0 Å². The molecule has 0 saturated heterocycles. The molecule has 4 rings (SSSR count). The molecule has 0 amide bonds. The molecule has 0 aromatic heterocycles. The second-order valence-corrected chi connectivity index (χ2v) is 6.61. The average molecular weight is 276 g/mol. The summed E-state index contributed by atoms with van der Waals surface area (Å²) < 4.78 is 11.7. The van der Waals surface area contributed by atoms with Gasteiger partial charge < -0.3 is 19.7 Å². The predicted molar refractivity (Wildman–Crippen MR) is 73.6 cm³/mol. The summed E-state index contributed by atoms with van der Waals surface area (Å²) in [5.41, 5.74) is 2.37. The molecule has 1 aromatic carbocycles. The number of hydrogen-bond acceptors (Lipinski definition) is 4. The standard InChI is InChI=1S/C16H20O4/c1-8-5-10-12(7-16(18)3-4-16)14-11(6-9(2)19-14)13(17)15(10)20-8/h8-9,17-18H,3-7H2,1-2H3. The van der Waals surface area contributed by atoms with Crippen LogP contribution in [0.4, 0.5) is 0 Å². The quantitative estimate of drug-likeness (QED) is 0.868. The van der Waals surface area contributed by atoms with Gasteiger partial charge in [0, 0.05) is 36.0 Å². The summed E-state index contributed by atoms with van der Waals surface area (Å²) in [6, 6.07) is 0. The highest BCUT2D eigenvalue weighted by Crippen LogP contribution is 2.53. The molecule has 4 nitrogen and oxygen atoms in total. The van der Waals surface area contributed by atoms with E-state index in [0.717, 1.165) is 41.7 Å². The van der Waals surface area contributed by atoms with Crippen LogP contribution in [0.5, 0.6) is 17.2 Å². The molecule has 1 fully saturated rings. The molecule has 1 saturated carbocycles. The van der Waals surface area contributed by atoms with Gasteiger partial charge in [0.2, 0.25) is 0 Å². The van der Waals surface area contributed by atoms with Gasteiger partial charge in [-0.25, -0.2) is 0 Å². The summed E-state index contributed by atoms with van der Waals surface area (Å²) in [6.07, 6.45) is 3.94. The third kappa shape index (κ3) is 1.71. The van der Waals surface area contributed by atoms with Gasteiger partial charge in [-0.3, -0.25) is 0 Å². The molecule has 2 aliphatic heterocycles. The van der Waals surface area contributed by atoms with Crippen LogP contribution >= 0.6 is 0 Å². The minimum atomic E-state index is -0.570. The molecule has 4 heteroatoms. The Kier molecular flexibility index (Phi) is 2.35. The van der Waals surface area contributed by atoms with Crippen molar-refractivity contribution >= 4 is 0 Å². The Labute approximate surface area is 118 Å². The van der Waals surface area contributed by atoms with Crippen molar-refractivity contribution in [3.05, 3.63) is 16.7 Å². The van der Waals surface area contributed by atoms with Gasteiger partial charge in [-0.2, -0.15) is 0 Å². The van der Waals surface area contributed by atoms with E-state index in [9.17, 15) is 10.2 Å². The lowest BCUT2D eigenvalue weighted by atomic mass is 9.92. The van der Waals surface area contributed by atoms with Crippen LogP contribution in [-0.4, -0.2) is 28.0 Å². The highest BCUT2D eigenvalue weighted by Gasteiger charge is 2.44. The number of phenolic OH excluding ortho intramolecular Hbond substituents is 1. The van der Waals surface area contributed by atoms with Gasteiger partial charge in [0.05, 0.1) is 5.60 Å². The Morgan fingerprint density at radius 2 is 1.65 bits per heavy atom. The van der Waals surface area contributed by atoms with E-state index in [4.69, 9.17) is 9.47 Å². The molecule has 0 radical (unpaired) electrons. The Morgan fingerprint density at radius 1 is 1.05 bits per heavy atom. The number of benzene rings is 1. The number of aliphatic hydroxyl groups is 1. The molecule has 108 valence electrons. The summed E-state index contributed by atoms with van der Waals surface area (Å²) in [5, 5.41) is 20.7. The lowest BCUT2D eigenvalue weighted by Crippen LogP contribution is -2.14. The first kappa shape index (κ1) is 12.3. The fraction of sp³-hybridized carbons (Fsp3) is 0.625. The molecule has 3 aliphatic rings. The first-order valence-electron chi connectivity index (χ1n) is 7.42. The number of ether oxygens (including phenoxy) is 2. The summed E-state index contributed by atoms with van der Waals surface area (Å²) in [4.78, 5) is 0. The fourth-order valence-corrected chi connectivity index (χ4v) is 3.42. The SMILES string of the molecule is CC1Cc2c(CC3(O)CC3)c3c(c(O)c2O1)CC(C)O3. The van der Waals surface area contributed by atoms with Crippen molar-refractivity contribution in [3.8, 4) is 17.2 Å². The van der Waals surface area contributed by atoms with Gasteiger partial charge in [-0.05, 0) is 26.7 Å². The number of fused-ring (bicyclic) bond motifs is 2. The Balaban J connectivity index is 1.88. The van der Waals surface area contributed by atoms with Gasteiger partial charge in [0.25, 0.3) is 0 Å². The van der Waals surface area contributed by atoms with Gasteiger partial charge in [0.15, 0.2) is 11.5 Å². The monoisotopic (exact) mass is 276 g/mol. The van der Waals surface area contributed by atoms with Gasteiger partial charge >= 0.3 is 0 Å². The van der Waals surface area contributed by atoms with E-state index in [1.807, 2.05) is 13.8 Å². The van der Waals surface area contributed by atoms with Crippen LogP contribution in [0.25, 0.3) is 0 Å². The number of hydrogen-bond donors (Lipinski definition) is 2. The van der Waals surface area contributed by atoms with E-state index >= 15 is 0 Å². The first-order valence-corrected chi connectivity index (χ1v) is 7.42. The molecular formula is C16H20O4. The Hall–Kier alpha value is -1.42. The molecule has 1 aliphatic carbocycles. The molecule has 20 heavy (non-hydrogen) atoms. The molecule has 0 spiro atoms. The Morgan fingerprint density at radius 3 is 2.30 bits per heavy atom. The highest BCUT2D eigenvalue weighted by atomic mass is 16.5. The number of phenols is 1. The van der Waals surface area contributed by atoms with Crippen LogP contribution in [0.15, 0.2) is 0 Å². The van der Waals surface area contributed by atoms with Crippen molar-refractivity contribution in [2.24, 2.45) is 0 Å². The van der Waals surface area contributed by atoms with Crippen LogP contribution in [0.3, 0.4) is 0 Å².